The highest BCUT2D eigenvalue weighted by molar-refractivity contribution is 7.25. The van der Waals surface area contributed by atoms with Gasteiger partial charge in [0.05, 0.1) is 11.4 Å². The minimum atomic E-state index is -0.0424. The van der Waals surface area contributed by atoms with E-state index >= 15 is 0 Å². The first-order chi connectivity index (χ1) is 19.1. The largest absolute Gasteiger partial charge is 0.359 e. The smallest absolute Gasteiger partial charge is 0.132 e. The summed E-state index contributed by atoms with van der Waals surface area (Å²) in [6.07, 6.45) is -0.0424. The summed E-state index contributed by atoms with van der Waals surface area (Å²) in [5, 5.41) is 9.07. The van der Waals surface area contributed by atoms with Crippen molar-refractivity contribution >= 4 is 59.5 Å². The molecule has 0 radical (unpaired) electrons. The predicted octanol–water partition coefficient (Wildman–Crippen LogP) is 10.4. The number of pyridine rings is 1. The van der Waals surface area contributed by atoms with Gasteiger partial charge in [-0.15, -0.1) is 11.3 Å². The fourth-order valence-corrected chi connectivity index (χ4v) is 7.85. The topological polar surface area (TPSA) is 28.2 Å². The Morgan fingerprint density at radius 3 is 2.27 bits per heavy atom. The van der Waals surface area contributed by atoms with Crippen molar-refractivity contribution in [3.8, 4) is 0 Å². The number of fused-ring (bicyclic) bond motifs is 6. The molecule has 1 aliphatic rings. The summed E-state index contributed by atoms with van der Waals surface area (Å²) in [4.78, 5) is 8.85. The van der Waals surface area contributed by atoms with Crippen LogP contribution in [0, 0.1) is 27.7 Å². The zero-order valence-corrected chi connectivity index (χ0v) is 25.1. The molecule has 7 rings (SSSR count). The number of aryl methyl sites for hydroxylation is 4. The van der Waals surface area contributed by atoms with Crippen molar-refractivity contribution in [3.05, 3.63) is 106 Å². The maximum atomic E-state index is 5.17. The Balaban J connectivity index is 1.52. The van der Waals surface area contributed by atoms with Crippen molar-refractivity contribution in [3.63, 3.8) is 0 Å². The van der Waals surface area contributed by atoms with Crippen LogP contribution in [-0.2, 0) is 5.41 Å². The van der Waals surface area contributed by atoms with Crippen molar-refractivity contribution in [2.45, 2.75) is 60.0 Å². The molecule has 1 atom stereocenters. The third-order valence-electron chi connectivity index (χ3n) is 8.36. The molecule has 4 heteroatoms. The zero-order valence-electron chi connectivity index (χ0n) is 24.3. The molecule has 0 amide bonds. The van der Waals surface area contributed by atoms with Gasteiger partial charge in [-0.25, -0.2) is 4.98 Å². The highest BCUT2D eigenvalue weighted by Gasteiger charge is 2.36. The molecular formula is C36H35N3S. The summed E-state index contributed by atoms with van der Waals surface area (Å²) >= 11 is 1.83. The van der Waals surface area contributed by atoms with E-state index in [0.29, 0.717) is 0 Å². The monoisotopic (exact) mass is 541 g/mol. The fraction of sp³-hybridized carbons (Fsp3) is 0.250. The highest BCUT2D eigenvalue weighted by atomic mass is 32.1. The summed E-state index contributed by atoms with van der Waals surface area (Å²) in [5.41, 5.74) is 11.3. The van der Waals surface area contributed by atoms with Crippen LogP contribution in [0.15, 0.2) is 72.8 Å². The van der Waals surface area contributed by atoms with E-state index < -0.39 is 0 Å². The maximum absolute atomic E-state index is 5.17. The van der Waals surface area contributed by atoms with Gasteiger partial charge < -0.3 is 10.2 Å². The maximum Gasteiger partial charge on any atom is 0.132 e. The molecular weight excluding hydrogens is 506 g/mol. The van der Waals surface area contributed by atoms with Gasteiger partial charge in [0.15, 0.2) is 0 Å². The van der Waals surface area contributed by atoms with E-state index in [4.69, 9.17) is 4.98 Å². The molecule has 3 nitrogen and oxygen atoms in total. The van der Waals surface area contributed by atoms with Crippen LogP contribution < -0.4 is 10.2 Å². The number of nitrogens with one attached hydrogen (secondary N) is 1. The van der Waals surface area contributed by atoms with Crippen molar-refractivity contribution in [1.82, 2.24) is 4.98 Å². The van der Waals surface area contributed by atoms with E-state index in [9.17, 15) is 0 Å². The van der Waals surface area contributed by atoms with Gasteiger partial charge in [0.1, 0.15) is 11.0 Å². The lowest BCUT2D eigenvalue weighted by Gasteiger charge is -2.31. The van der Waals surface area contributed by atoms with Crippen molar-refractivity contribution in [2.75, 3.05) is 10.2 Å². The lowest BCUT2D eigenvalue weighted by molar-refractivity contribution is 0.572. The molecule has 6 aromatic rings. The molecule has 0 fully saturated rings. The molecule has 1 unspecified atom stereocenters. The molecule has 0 bridgehead atoms. The average Bonchev–Trinajstić information content (AvgIpc) is 3.47. The Morgan fingerprint density at radius 2 is 1.52 bits per heavy atom. The van der Waals surface area contributed by atoms with Gasteiger partial charge in [0, 0.05) is 43.2 Å². The normalized spacial score (nSPS) is 15.3. The molecule has 40 heavy (non-hydrogen) atoms. The first-order valence-electron chi connectivity index (χ1n) is 14.1. The van der Waals surface area contributed by atoms with Crippen molar-refractivity contribution < 1.29 is 0 Å². The molecule has 4 aromatic carbocycles. The SMILES string of the molecule is Cc1cc(C)c(N2c3c(ccc4ccccc34)NC2c2ccc(C)c3c2sc2nc(C(C)(C)C)ccc23)c(C)c1. The molecule has 0 spiro atoms. The Labute approximate surface area is 240 Å². The fourth-order valence-electron chi connectivity index (χ4n) is 6.56. The Morgan fingerprint density at radius 1 is 0.775 bits per heavy atom. The molecule has 1 aliphatic heterocycles. The first kappa shape index (κ1) is 25.1. The van der Waals surface area contributed by atoms with E-state index in [1.165, 1.54) is 71.1 Å². The third-order valence-corrected chi connectivity index (χ3v) is 9.50. The summed E-state index contributed by atoms with van der Waals surface area (Å²) in [5.74, 6) is 0. The van der Waals surface area contributed by atoms with E-state index in [-0.39, 0.29) is 11.6 Å². The summed E-state index contributed by atoms with van der Waals surface area (Å²) in [7, 11) is 0. The molecule has 0 saturated carbocycles. The number of anilines is 3. The standard InChI is InChI=1S/C36H35N3S/c1-20-18-22(3)31(23(4)19-20)39-32-25-11-9-8-10-24(25)13-16-28(32)37-34(39)27-14-12-21(2)30-26-15-17-29(36(5,6)7)38-35(26)40-33(27)30/h8-19,34,37H,1-7H3. The number of hydrogen-bond acceptors (Lipinski definition) is 4. The van der Waals surface area contributed by atoms with Crippen LogP contribution in [0.1, 0.15) is 60.4 Å². The van der Waals surface area contributed by atoms with Crippen LogP contribution in [0.4, 0.5) is 17.1 Å². The minimum absolute atomic E-state index is 0.00917. The third kappa shape index (κ3) is 3.73. The van der Waals surface area contributed by atoms with Gasteiger partial charge in [-0.3, -0.25) is 0 Å². The predicted molar refractivity (Wildman–Crippen MR) is 174 cm³/mol. The minimum Gasteiger partial charge on any atom is -0.359 e. The molecule has 1 N–H and O–H groups in total. The lowest BCUT2D eigenvalue weighted by atomic mass is 9.91. The summed E-state index contributed by atoms with van der Waals surface area (Å²) in [6, 6.07) is 27.0. The van der Waals surface area contributed by atoms with Crippen LogP contribution >= 0.6 is 11.3 Å². The van der Waals surface area contributed by atoms with Gasteiger partial charge in [-0.1, -0.05) is 80.9 Å². The van der Waals surface area contributed by atoms with Crippen molar-refractivity contribution in [1.29, 1.82) is 0 Å². The van der Waals surface area contributed by atoms with Gasteiger partial charge >= 0.3 is 0 Å². The van der Waals surface area contributed by atoms with Crippen LogP contribution in [0.25, 0.3) is 31.1 Å². The van der Waals surface area contributed by atoms with Gasteiger partial charge in [0.25, 0.3) is 0 Å². The highest BCUT2D eigenvalue weighted by Crippen LogP contribution is 2.53. The number of hydrogen-bond donors (Lipinski definition) is 1. The number of aromatic nitrogens is 1. The Kier molecular flexibility index (Phi) is 5.53. The number of thiophene rings is 1. The Hall–Kier alpha value is -3.89. The van der Waals surface area contributed by atoms with Gasteiger partial charge in [-0.05, 0) is 68.0 Å². The molecule has 0 saturated heterocycles. The second kappa shape index (κ2) is 8.81. The average molecular weight is 542 g/mol. The van der Waals surface area contributed by atoms with Gasteiger partial charge in [0.2, 0.25) is 0 Å². The summed E-state index contributed by atoms with van der Waals surface area (Å²) < 4.78 is 1.32. The molecule has 3 heterocycles. The van der Waals surface area contributed by atoms with E-state index in [1.807, 2.05) is 11.3 Å². The molecule has 200 valence electrons. The van der Waals surface area contributed by atoms with E-state index in [0.717, 1.165) is 10.5 Å². The van der Waals surface area contributed by atoms with E-state index in [1.54, 1.807) is 0 Å². The van der Waals surface area contributed by atoms with E-state index in [2.05, 4.69) is 131 Å². The second-order valence-corrected chi connectivity index (χ2v) is 13.4. The van der Waals surface area contributed by atoms with Crippen LogP contribution in [0.2, 0.25) is 0 Å². The van der Waals surface area contributed by atoms with Gasteiger partial charge in [-0.2, -0.15) is 0 Å². The number of nitrogens with zero attached hydrogens (tertiary/aromatic N) is 2. The van der Waals surface area contributed by atoms with Crippen LogP contribution in [0.5, 0.6) is 0 Å². The quantitative estimate of drug-likeness (QED) is 0.236. The zero-order chi connectivity index (χ0) is 27.9. The Bertz CT molecular complexity index is 1950. The first-order valence-corrected chi connectivity index (χ1v) is 14.9. The lowest BCUT2D eigenvalue weighted by Crippen LogP contribution is -2.25. The molecule has 0 aliphatic carbocycles. The summed E-state index contributed by atoms with van der Waals surface area (Å²) in [6.45, 7) is 15.6. The molecule has 2 aromatic heterocycles. The number of rotatable bonds is 2. The number of benzene rings is 4. The van der Waals surface area contributed by atoms with Crippen LogP contribution in [0.3, 0.4) is 0 Å². The van der Waals surface area contributed by atoms with Crippen LogP contribution in [-0.4, -0.2) is 4.98 Å². The second-order valence-electron chi connectivity index (χ2n) is 12.4. The van der Waals surface area contributed by atoms with Crippen molar-refractivity contribution in [2.24, 2.45) is 0 Å².